The van der Waals surface area contributed by atoms with E-state index in [1.807, 2.05) is 0 Å². The van der Waals surface area contributed by atoms with Gasteiger partial charge in [0.15, 0.2) is 0 Å². The van der Waals surface area contributed by atoms with E-state index < -0.39 is 0 Å². The summed E-state index contributed by atoms with van der Waals surface area (Å²) >= 11 is 0. The topological polar surface area (TPSA) is 29.9 Å². The van der Waals surface area contributed by atoms with E-state index in [1.54, 1.807) is 0 Å². The van der Waals surface area contributed by atoms with Crippen LogP contribution in [0.3, 0.4) is 0 Å². The van der Waals surface area contributed by atoms with Crippen molar-refractivity contribution in [1.29, 1.82) is 0 Å². The lowest BCUT2D eigenvalue weighted by atomic mass is 9.81. The fraction of sp³-hybridized carbons (Fsp3) is 0.786. The summed E-state index contributed by atoms with van der Waals surface area (Å²) in [6.45, 7) is 11.3. The standard InChI is InChI=1S/C14H25N3/c1-5-11-10-17-9-7-8-15-12(13(17)16-11)14(3,4)6-2/h10,12,15H,5-9H2,1-4H3. The molecule has 96 valence electrons. The molecule has 0 amide bonds. The van der Waals surface area contributed by atoms with E-state index in [0.717, 1.165) is 19.5 Å². The highest BCUT2D eigenvalue weighted by Crippen LogP contribution is 2.36. The monoisotopic (exact) mass is 235 g/mol. The first-order chi connectivity index (χ1) is 8.08. The zero-order chi connectivity index (χ0) is 12.5. The van der Waals surface area contributed by atoms with Gasteiger partial charge in [-0.15, -0.1) is 0 Å². The molecule has 0 fully saturated rings. The highest BCUT2D eigenvalue weighted by atomic mass is 15.1. The SMILES string of the molecule is CCc1cn2c(n1)C(C(C)(C)CC)NCCC2. The van der Waals surface area contributed by atoms with Gasteiger partial charge in [0.25, 0.3) is 0 Å². The van der Waals surface area contributed by atoms with Gasteiger partial charge in [-0.05, 0) is 31.2 Å². The first-order valence-corrected chi connectivity index (χ1v) is 6.87. The number of nitrogens with one attached hydrogen (secondary N) is 1. The molecule has 0 saturated heterocycles. The van der Waals surface area contributed by atoms with Gasteiger partial charge in [-0.25, -0.2) is 4.98 Å². The van der Waals surface area contributed by atoms with E-state index in [-0.39, 0.29) is 5.41 Å². The lowest BCUT2D eigenvalue weighted by Crippen LogP contribution is -2.34. The van der Waals surface area contributed by atoms with Gasteiger partial charge in [0.1, 0.15) is 5.82 Å². The van der Waals surface area contributed by atoms with Gasteiger partial charge >= 0.3 is 0 Å². The van der Waals surface area contributed by atoms with Gasteiger partial charge in [-0.2, -0.15) is 0 Å². The maximum absolute atomic E-state index is 4.83. The third kappa shape index (κ3) is 2.39. The van der Waals surface area contributed by atoms with Crippen LogP contribution in [0.25, 0.3) is 0 Å². The quantitative estimate of drug-likeness (QED) is 0.873. The van der Waals surface area contributed by atoms with Crippen LogP contribution < -0.4 is 5.32 Å². The Bertz CT molecular complexity index is 379. The smallest absolute Gasteiger partial charge is 0.126 e. The summed E-state index contributed by atoms with van der Waals surface area (Å²) in [6, 6.07) is 0.385. The van der Waals surface area contributed by atoms with Crippen molar-refractivity contribution in [2.75, 3.05) is 6.54 Å². The predicted molar refractivity (Wildman–Crippen MR) is 71.0 cm³/mol. The predicted octanol–water partition coefficient (Wildman–Crippen LogP) is 2.92. The van der Waals surface area contributed by atoms with Gasteiger partial charge < -0.3 is 9.88 Å². The molecule has 1 atom stereocenters. The Balaban J connectivity index is 2.38. The van der Waals surface area contributed by atoms with Gasteiger partial charge in [0.2, 0.25) is 0 Å². The van der Waals surface area contributed by atoms with Crippen molar-refractivity contribution in [2.45, 2.75) is 59.5 Å². The number of aryl methyl sites for hydroxylation is 2. The summed E-state index contributed by atoms with van der Waals surface area (Å²) in [5.41, 5.74) is 1.49. The van der Waals surface area contributed by atoms with Gasteiger partial charge in [0.05, 0.1) is 11.7 Å². The molecule has 3 heteroatoms. The second kappa shape index (κ2) is 4.81. The van der Waals surface area contributed by atoms with Crippen LogP contribution in [0.1, 0.15) is 58.1 Å². The van der Waals surface area contributed by atoms with Crippen molar-refractivity contribution in [3.63, 3.8) is 0 Å². The molecular weight excluding hydrogens is 210 g/mol. The minimum absolute atomic E-state index is 0.262. The fourth-order valence-corrected chi connectivity index (χ4v) is 2.48. The van der Waals surface area contributed by atoms with Crippen molar-refractivity contribution in [2.24, 2.45) is 5.41 Å². The molecule has 0 aromatic carbocycles. The summed E-state index contributed by atoms with van der Waals surface area (Å²) in [7, 11) is 0. The second-order valence-corrected chi connectivity index (χ2v) is 5.72. The Morgan fingerprint density at radius 3 is 2.88 bits per heavy atom. The average molecular weight is 235 g/mol. The largest absolute Gasteiger partial charge is 0.333 e. The number of hydrogen-bond donors (Lipinski definition) is 1. The number of imidazole rings is 1. The van der Waals surface area contributed by atoms with E-state index >= 15 is 0 Å². The van der Waals surface area contributed by atoms with Crippen LogP contribution in [0.4, 0.5) is 0 Å². The van der Waals surface area contributed by atoms with Crippen LogP contribution in [0, 0.1) is 5.41 Å². The summed E-state index contributed by atoms with van der Waals surface area (Å²) in [5.74, 6) is 1.24. The summed E-state index contributed by atoms with van der Waals surface area (Å²) < 4.78 is 2.36. The molecule has 2 heterocycles. The van der Waals surface area contributed by atoms with E-state index in [2.05, 4.69) is 43.8 Å². The molecule has 1 aromatic rings. The maximum Gasteiger partial charge on any atom is 0.126 e. The molecule has 3 nitrogen and oxygen atoms in total. The second-order valence-electron chi connectivity index (χ2n) is 5.72. The van der Waals surface area contributed by atoms with Gasteiger partial charge in [-0.3, -0.25) is 0 Å². The maximum atomic E-state index is 4.83. The van der Waals surface area contributed by atoms with Crippen molar-refractivity contribution in [3.05, 3.63) is 17.7 Å². The first-order valence-electron chi connectivity index (χ1n) is 6.87. The van der Waals surface area contributed by atoms with Crippen LogP contribution in [0.15, 0.2) is 6.20 Å². The number of nitrogens with zero attached hydrogens (tertiary/aromatic N) is 2. The Morgan fingerprint density at radius 1 is 1.47 bits per heavy atom. The highest BCUT2D eigenvalue weighted by molar-refractivity contribution is 5.11. The Kier molecular flexibility index (Phi) is 3.57. The minimum Gasteiger partial charge on any atom is -0.333 e. The van der Waals surface area contributed by atoms with Crippen LogP contribution >= 0.6 is 0 Å². The highest BCUT2D eigenvalue weighted by Gasteiger charge is 2.33. The normalized spacial score (nSPS) is 21.1. The van der Waals surface area contributed by atoms with Crippen LogP contribution in [-0.4, -0.2) is 16.1 Å². The molecule has 0 radical (unpaired) electrons. The van der Waals surface area contributed by atoms with Crippen LogP contribution in [-0.2, 0) is 13.0 Å². The molecule has 0 spiro atoms. The molecule has 17 heavy (non-hydrogen) atoms. The third-order valence-electron chi connectivity index (χ3n) is 4.09. The van der Waals surface area contributed by atoms with Gasteiger partial charge in [-0.1, -0.05) is 27.7 Å². The molecule has 0 saturated carbocycles. The van der Waals surface area contributed by atoms with E-state index in [4.69, 9.17) is 4.98 Å². The Hall–Kier alpha value is -0.830. The lowest BCUT2D eigenvalue weighted by Gasteiger charge is -2.32. The third-order valence-corrected chi connectivity index (χ3v) is 4.09. The molecule has 1 N–H and O–H groups in total. The molecule has 1 aromatic heterocycles. The Morgan fingerprint density at radius 2 is 2.24 bits per heavy atom. The number of fused-ring (bicyclic) bond motifs is 1. The van der Waals surface area contributed by atoms with E-state index in [9.17, 15) is 0 Å². The molecule has 1 unspecified atom stereocenters. The molecule has 0 aliphatic carbocycles. The summed E-state index contributed by atoms with van der Waals surface area (Å²) in [6.07, 6.45) is 5.63. The van der Waals surface area contributed by atoms with Crippen molar-refractivity contribution < 1.29 is 0 Å². The molecule has 2 rings (SSSR count). The molecular formula is C14H25N3. The minimum atomic E-state index is 0.262. The van der Waals surface area contributed by atoms with Crippen molar-refractivity contribution in [1.82, 2.24) is 14.9 Å². The fourth-order valence-electron chi connectivity index (χ4n) is 2.48. The molecule has 0 bridgehead atoms. The summed E-state index contributed by atoms with van der Waals surface area (Å²) in [5, 5.41) is 3.68. The van der Waals surface area contributed by atoms with Gasteiger partial charge in [0, 0.05) is 12.7 Å². The van der Waals surface area contributed by atoms with E-state index in [1.165, 1.54) is 24.4 Å². The molecule has 1 aliphatic rings. The molecule has 1 aliphatic heterocycles. The number of aromatic nitrogens is 2. The Labute approximate surface area is 105 Å². The van der Waals surface area contributed by atoms with Crippen LogP contribution in [0.5, 0.6) is 0 Å². The zero-order valence-electron chi connectivity index (χ0n) is 11.6. The number of hydrogen-bond acceptors (Lipinski definition) is 2. The van der Waals surface area contributed by atoms with E-state index in [0.29, 0.717) is 6.04 Å². The lowest BCUT2D eigenvalue weighted by molar-refractivity contribution is 0.229. The van der Waals surface area contributed by atoms with Crippen molar-refractivity contribution in [3.8, 4) is 0 Å². The number of rotatable bonds is 3. The summed E-state index contributed by atoms with van der Waals surface area (Å²) in [4.78, 5) is 4.83. The van der Waals surface area contributed by atoms with Crippen LogP contribution in [0.2, 0.25) is 0 Å². The first kappa shape index (κ1) is 12.6. The average Bonchev–Trinajstić information content (AvgIpc) is 2.62. The zero-order valence-corrected chi connectivity index (χ0v) is 11.6. The van der Waals surface area contributed by atoms with Crippen molar-refractivity contribution >= 4 is 0 Å².